The maximum atomic E-state index is 12.3. The number of nitro groups is 1. The van der Waals surface area contributed by atoms with Crippen LogP contribution in [-0.2, 0) is 11.2 Å². The molecule has 0 fully saturated rings. The molecule has 0 aliphatic carbocycles. The number of rotatable bonds is 4. The maximum Gasteiger partial charge on any atom is 0.315 e. The van der Waals surface area contributed by atoms with Crippen LogP contribution >= 0.6 is 0 Å². The van der Waals surface area contributed by atoms with Gasteiger partial charge in [-0.05, 0) is 29.0 Å². The van der Waals surface area contributed by atoms with E-state index in [1.165, 1.54) is 24.3 Å². The van der Waals surface area contributed by atoms with Crippen LogP contribution in [0.25, 0.3) is 21.7 Å². The van der Waals surface area contributed by atoms with E-state index in [-0.39, 0.29) is 17.9 Å². The Morgan fingerprint density at radius 3 is 2.58 bits per heavy atom. The Kier molecular flexibility index (Phi) is 3.85. The summed E-state index contributed by atoms with van der Waals surface area (Å²) >= 11 is 0. The molecular weight excluding hydrogens is 334 g/mol. The summed E-state index contributed by atoms with van der Waals surface area (Å²) in [6, 6.07) is 17.1. The zero-order valence-corrected chi connectivity index (χ0v) is 13.5. The number of hydrogen-bond donors (Lipinski definition) is 0. The summed E-state index contributed by atoms with van der Waals surface area (Å²) in [7, 11) is 0. The third-order valence-electron chi connectivity index (χ3n) is 4.15. The van der Waals surface area contributed by atoms with Gasteiger partial charge in [-0.2, -0.15) is 0 Å². The summed E-state index contributed by atoms with van der Waals surface area (Å²) in [6.07, 6.45) is 1.60. The number of nitro benzene ring substituents is 1. The van der Waals surface area contributed by atoms with Crippen molar-refractivity contribution in [2.24, 2.45) is 0 Å². The Morgan fingerprint density at radius 2 is 1.81 bits per heavy atom. The Balaban J connectivity index is 1.59. The van der Waals surface area contributed by atoms with Gasteiger partial charge in [-0.15, -0.1) is 0 Å². The average Bonchev–Trinajstić information content (AvgIpc) is 3.05. The van der Waals surface area contributed by atoms with Gasteiger partial charge in [-0.3, -0.25) is 14.9 Å². The largest absolute Gasteiger partial charge is 0.464 e. The zero-order valence-electron chi connectivity index (χ0n) is 13.5. The molecule has 0 radical (unpaired) electrons. The lowest BCUT2D eigenvalue weighted by Crippen LogP contribution is -2.11. The highest BCUT2D eigenvalue weighted by molar-refractivity contribution is 6.08. The lowest BCUT2D eigenvalue weighted by Gasteiger charge is -2.04. The molecule has 0 atom stereocenters. The summed E-state index contributed by atoms with van der Waals surface area (Å²) in [5, 5.41) is 13.6. The first kappa shape index (κ1) is 15.8. The van der Waals surface area contributed by atoms with E-state index in [1.807, 2.05) is 36.4 Å². The smallest absolute Gasteiger partial charge is 0.315 e. The predicted molar refractivity (Wildman–Crippen MR) is 96.2 cm³/mol. The van der Waals surface area contributed by atoms with E-state index in [0.717, 1.165) is 21.7 Å². The molecule has 4 aromatic rings. The van der Waals surface area contributed by atoms with Gasteiger partial charge in [-0.1, -0.05) is 30.3 Å². The lowest BCUT2D eigenvalue weighted by molar-refractivity contribution is -0.384. The molecular formula is C20H13NO5. The summed E-state index contributed by atoms with van der Waals surface area (Å²) < 4.78 is 10.8. The molecule has 128 valence electrons. The number of benzene rings is 3. The number of carbonyl (C=O) groups excluding carboxylic acids is 1. The first-order chi connectivity index (χ1) is 12.6. The molecule has 6 nitrogen and oxygen atoms in total. The lowest BCUT2D eigenvalue weighted by atomic mass is 10.0. The van der Waals surface area contributed by atoms with Crippen LogP contribution in [0.4, 0.5) is 5.69 Å². The molecule has 0 saturated heterocycles. The van der Waals surface area contributed by atoms with Gasteiger partial charge in [0.25, 0.3) is 5.69 Å². The normalized spacial score (nSPS) is 10.9. The van der Waals surface area contributed by atoms with E-state index in [2.05, 4.69) is 0 Å². The highest BCUT2D eigenvalue weighted by Gasteiger charge is 2.15. The molecule has 0 aliphatic heterocycles. The monoisotopic (exact) mass is 347 g/mol. The van der Waals surface area contributed by atoms with Crippen molar-refractivity contribution in [1.29, 1.82) is 0 Å². The SMILES string of the molecule is O=C(Cc1coc2ccc3ccccc3c12)Oc1ccc([N+](=O)[O-])cc1. The number of furan rings is 1. The average molecular weight is 347 g/mol. The molecule has 1 aromatic heterocycles. The number of nitrogens with zero attached hydrogens (tertiary/aromatic N) is 1. The van der Waals surface area contributed by atoms with Gasteiger partial charge in [-0.25, -0.2) is 0 Å². The van der Waals surface area contributed by atoms with Crippen LogP contribution in [0, 0.1) is 10.1 Å². The molecule has 0 spiro atoms. The minimum atomic E-state index is -0.506. The van der Waals surface area contributed by atoms with Gasteiger partial charge in [0.2, 0.25) is 0 Å². The van der Waals surface area contributed by atoms with E-state index in [1.54, 1.807) is 6.26 Å². The molecule has 3 aromatic carbocycles. The summed E-state index contributed by atoms with van der Waals surface area (Å²) in [6.45, 7) is 0. The van der Waals surface area contributed by atoms with Gasteiger partial charge in [0.15, 0.2) is 0 Å². The molecule has 0 amide bonds. The molecule has 4 rings (SSSR count). The standard InChI is InChI=1S/C20H13NO5/c22-19(26-16-8-6-15(7-9-16)21(23)24)11-14-12-25-18-10-5-13-3-1-2-4-17(13)20(14)18/h1-10,12H,11H2. The second-order valence-electron chi connectivity index (χ2n) is 5.82. The van der Waals surface area contributed by atoms with Gasteiger partial charge in [0.05, 0.1) is 17.6 Å². The summed E-state index contributed by atoms with van der Waals surface area (Å²) in [5.74, 6) is -0.201. The Labute approximate surface area is 147 Å². The molecule has 0 unspecified atom stereocenters. The fourth-order valence-electron chi connectivity index (χ4n) is 2.96. The summed E-state index contributed by atoms with van der Waals surface area (Å²) in [4.78, 5) is 22.4. The Morgan fingerprint density at radius 1 is 1.04 bits per heavy atom. The summed E-state index contributed by atoms with van der Waals surface area (Å²) in [5.41, 5.74) is 1.39. The van der Waals surface area contributed by atoms with Crippen molar-refractivity contribution < 1.29 is 18.9 Å². The van der Waals surface area contributed by atoms with Gasteiger partial charge in [0, 0.05) is 23.1 Å². The topological polar surface area (TPSA) is 82.6 Å². The highest BCUT2D eigenvalue weighted by atomic mass is 16.6. The highest BCUT2D eigenvalue weighted by Crippen LogP contribution is 2.30. The van der Waals surface area contributed by atoms with Crippen molar-refractivity contribution in [2.45, 2.75) is 6.42 Å². The number of non-ortho nitro benzene ring substituents is 1. The van der Waals surface area contributed by atoms with Crippen LogP contribution in [0.2, 0.25) is 0 Å². The van der Waals surface area contributed by atoms with E-state index in [9.17, 15) is 14.9 Å². The van der Waals surface area contributed by atoms with Crippen LogP contribution in [0.1, 0.15) is 5.56 Å². The Bertz CT molecular complexity index is 1130. The van der Waals surface area contributed by atoms with Crippen LogP contribution in [-0.4, -0.2) is 10.9 Å². The molecule has 1 heterocycles. The Hall–Kier alpha value is -3.67. The minimum Gasteiger partial charge on any atom is -0.464 e. The van der Waals surface area contributed by atoms with Crippen molar-refractivity contribution in [3.63, 3.8) is 0 Å². The van der Waals surface area contributed by atoms with Gasteiger partial charge >= 0.3 is 5.97 Å². The molecule has 0 aliphatic rings. The van der Waals surface area contributed by atoms with Crippen LogP contribution < -0.4 is 4.74 Å². The third kappa shape index (κ3) is 2.88. The van der Waals surface area contributed by atoms with E-state index >= 15 is 0 Å². The first-order valence-electron chi connectivity index (χ1n) is 7.95. The van der Waals surface area contributed by atoms with Crippen molar-refractivity contribution in [1.82, 2.24) is 0 Å². The number of carbonyl (C=O) groups is 1. The minimum absolute atomic E-state index is 0.0397. The second-order valence-corrected chi connectivity index (χ2v) is 5.82. The van der Waals surface area contributed by atoms with Crippen LogP contribution in [0.5, 0.6) is 5.75 Å². The van der Waals surface area contributed by atoms with Crippen molar-refractivity contribution in [3.05, 3.63) is 82.6 Å². The number of fused-ring (bicyclic) bond motifs is 3. The molecule has 26 heavy (non-hydrogen) atoms. The second kappa shape index (κ2) is 6.33. The molecule has 6 heteroatoms. The van der Waals surface area contributed by atoms with Crippen molar-refractivity contribution in [2.75, 3.05) is 0 Å². The van der Waals surface area contributed by atoms with Gasteiger partial charge < -0.3 is 9.15 Å². The van der Waals surface area contributed by atoms with Crippen LogP contribution in [0.15, 0.2) is 71.3 Å². The van der Waals surface area contributed by atoms with Crippen LogP contribution in [0.3, 0.4) is 0 Å². The van der Waals surface area contributed by atoms with Gasteiger partial charge in [0.1, 0.15) is 11.3 Å². The fourth-order valence-corrected chi connectivity index (χ4v) is 2.96. The third-order valence-corrected chi connectivity index (χ3v) is 4.15. The first-order valence-corrected chi connectivity index (χ1v) is 7.95. The molecule has 0 saturated carbocycles. The van der Waals surface area contributed by atoms with E-state index in [0.29, 0.717) is 5.58 Å². The molecule has 0 bridgehead atoms. The number of ether oxygens (including phenoxy) is 1. The molecule has 0 N–H and O–H groups in total. The van der Waals surface area contributed by atoms with Crippen molar-refractivity contribution >= 4 is 33.4 Å². The maximum absolute atomic E-state index is 12.3. The fraction of sp³-hybridized carbons (Fsp3) is 0.0500. The quantitative estimate of drug-likeness (QED) is 0.232. The van der Waals surface area contributed by atoms with E-state index < -0.39 is 10.9 Å². The zero-order chi connectivity index (χ0) is 18.1. The van der Waals surface area contributed by atoms with Crippen molar-refractivity contribution in [3.8, 4) is 5.75 Å². The predicted octanol–water partition coefficient (Wildman–Crippen LogP) is 4.64. The number of hydrogen-bond acceptors (Lipinski definition) is 5. The van der Waals surface area contributed by atoms with E-state index in [4.69, 9.17) is 9.15 Å². The number of esters is 1.